The minimum Gasteiger partial charge on any atom is -0.374 e. The predicted molar refractivity (Wildman–Crippen MR) is 56.9 cm³/mol. The van der Waals surface area contributed by atoms with E-state index in [1.807, 2.05) is 0 Å². The van der Waals surface area contributed by atoms with E-state index in [4.69, 9.17) is 4.74 Å². The molecule has 0 N–H and O–H groups in total. The van der Waals surface area contributed by atoms with Crippen molar-refractivity contribution < 1.29 is 4.74 Å². The Kier molecular flexibility index (Phi) is 2.01. The molecule has 4 unspecified atom stereocenters. The lowest BCUT2D eigenvalue weighted by molar-refractivity contribution is 0.0357. The third kappa shape index (κ3) is 1.12. The van der Waals surface area contributed by atoms with E-state index >= 15 is 0 Å². The molecule has 76 valence electrons. The number of ether oxygens (including phenoxy) is 1. The molecule has 3 rings (SSSR count). The van der Waals surface area contributed by atoms with E-state index in [1.165, 1.54) is 6.42 Å². The van der Waals surface area contributed by atoms with Gasteiger partial charge in [-0.3, -0.25) is 0 Å². The Labute approximate surface area is 85.8 Å². The first-order chi connectivity index (χ1) is 6.90. The van der Waals surface area contributed by atoms with E-state index in [-0.39, 0.29) is 0 Å². The molecule has 0 aliphatic heterocycles. The molecule has 0 heterocycles. The molecule has 1 nitrogen and oxygen atoms in total. The molecule has 0 radical (unpaired) electrons. The summed E-state index contributed by atoms with van der Waals surface area (Å²) >= 11 is 0. The number of fused-ring (bicyclic) bond motifs is 5. The Balaban J connectivity index is 1.73. The van der Waals surface area contributed by atoms with Gasteiger partial charge in [0.1, 0.15) is 0 Å². The van der Waals surface area contributed by atoms with E-state index in [0.717, 1.165) is 36.7 Å². The summed E-state index contributed by atoms with van der Waals surface area (Å²) in [6.45, 7) is 3.09. The van der Waals surface area contributed by atoms with Gasteiger partial charge in [0, 0.05) is 12.5 Å². The van der Waals surface area contributed by atoms with Crippen molar-refractivity contribution in [1.82, 2.24) is 0 Å². The predicted octanol–water partition coefficient (Wildman–Crippen LogP) is 2.79. The molecule has 5 atom stereocenters. The highest BCUT2D eigenvalue weighted by atomic mass is 16.5. The average molecular weight is 190 g/mol. The summed E-state index contributed by atoms with van der Waals surface area (Å²) in [6.07, 6.45) is 12.5. The zero-order valence-electron chi connectivity index (χ0n) is 8.73. The largest absolute Gasteiger partial charge is 0.374 e. The molecule has 0 aromatic heterocycles. The fourth-order valence-electron chi connectivity index (χ4n) is 3.42. The number of hydrogen-bond donors (Lipinski definition) is 0. The number of allylic oxidation sites excluding steroid dienone is 3. The normalized spacial score (nSPS) is 47.6. The van der Waals surface area contributed by atoms with Crippen molar-refractivity contribution >= 4 is 0 Å². The van der Waals surface area contributed by atoms with E-state index in [2.05, 4.69) is 31.2 Å². The van der Waals surface area contributed by atoms with Crippen molar-refractivity contribution in [2.75, 3.05) is 6.61 Å². The van der Waals surface area contributed by atoms with Gasteiger partial charge in [-0.1, -0.05) is 31.2 Å². The van der Waals surface area contributed by atoms with Gasteiger partial charge in [-0.2, -0.15) is 0 Å². The smallest absolute Gasteiger partial charge is 0.0795 e. The van der Waals surface area contributed by atoms with Crippen LogP contribution in [-0.4, -0.2) is 12.7 Å². The summed E-state index contributed by atoms with van der Waals surface area (Å²) in [4.78, 5) is 0. The van der Waals surface area contributed by atoms with Crippen LogP contribution in [0.2, 0.25) is 0 Å². The van der Waals surface area contributed by atoms with Gasteiger partial charge in [-0.25, -0.2) is 0 Å². The van der Waals surface area contributed by atoms with Crippen LogP contribution >= 0.6 is 0 Å². The van der Waals surface area contributed by atoms with Crippen LogP contribution in [0.1, 0.15) is 19.8 Å². The summed E-state index contributed by atoms with van der Waals surface area (Å²) in [5.74, 6) is 3.21. The lowest BCUT2D eigenvalue weighted by Gasteiger charge is -2.26. The average Bonchev–Trinajstić information content (AvgIpc) is 2.87. The maximum absolute atomic E-state index is 5.90. The Hall–Kier alpha value is -0.560. The van der Waals surface area contributed by atoms with E-state index in [1.54, 1.807) is 0 Å². The zero-order chi connectivity index (χ0) is 9.54. The lowest BCUT2D eigenvalue weighted by Crippen LogP contribution is -2.26. The molecule has 0 amide bonds. The Morgan fingerprint density at radius 3 is 2.86 bits per heavy atom. The monoisotopic (exact) mass is 190 g/mol. The van der Waals surface area contributed by atoms with Crippen LogP contribution in [0.25, 0.3) is 0 Å². The maximum Gasteiger partial charge on any atom is 0.0795 e. The topological polar surface area (TPSA) is 9.23 Å². The molecule has 3 aliphatic carbocycles. The molecular weight excluding hydrogens is 172 g/mol. The van der Waals surface area contributed by atoms with Crippen molar-refractivity contribution in [1.29, 1.82) is 0 Å². The first-order valence-electron chi connectivity index (χ1n) is 5.88. The number of hydrogen-bond acceptors (Lipinski definition) is 1. The summed E-state index contributed by atoms with van der Waals surface area (Å²) in [6, 6.07) is 0. The summed E-state index contributed by atoms with van der Waals surface area (Å²) in [5.41, 5.74) is 0. The van der Waals surface area contributed by atoms with Gasteiger partial charge in [-0.15, -0.1) is 0 Å². The van der Waals surface area contributed by atoms with Crippen LogP contribution < -0.4 is 0 Å². The van der Waals surface area contributed by atoms with Crippen LogP contribution in [-0.2, 0) is 4.74 Å². The van der Waals surface area contributed by atoms with Crippen molar-refractivity contribution in [3.05, 3.63) is 24.3 Å². The molecule has 14 heavy (non-hydrogen) atoms. The van der Waals surface area contributed by atoms with Crippen LogP contribution in [0, 0.1) is 23.7 Å². The summed E-state index contributed by atoms with van der Waals surface area (Å²) in [7, 11) is 0. The van der Waals surface area contributed by atoms with Crippen molar-refractivity contribution in [2.45, 2.75) is 25.9 Å². The highest BCUT2D eigenvalue weighted by Gasteiger charge is 2.49. The van der Waals surface area contributed by atoms with Gasteiger partial charge in [0.25, 0.3) is 0 Å². The van der Waals surface area contributed by atoms with Crippen LogP contribution in [0.3, 0.4) is 0 Å². The highest BCUT2D eigenvalue weighted by molar-refractivity contribution is 5.24. The van der Waals surface area contributed by atoms with Crippen LogP contribution in [0.4, 0.5) is 0 Å². The first kappa shape index (κ1) is 8.72. The lowest BCUT2D eigenvalue weighted by atomic mass is 9.84. The van der Waals surface area contributed by atoms with E-state index in [9.17, 15) is 0 Å². The van der Waals surface area contributed by atoms with Gasteiger partial charge in [0.2, 0.25) is 0 Å². The molecule has 1 fully saturated rings. The van der Waals surface area contributed by atoms with Gasteiger partial charge >= 0.3 is 0 Å². The Morgan fingerprint density at radius 1 is 1.14 bits per heavy atom. The molecule has 1 heteroatoms. The molecule has 2 bridgehead atoms. The van der Waals surface area contributed by atoms with Gasteiger partial charge in [0.05, 0.1) is 6.10 Å². The van der Waals surface area contributed by atoms with Crippen LogP contribution in [0.15, 0.2) is 24.3 Å². The first-order valence-corrected chi connectivity index (χ1v) is 5.88. The molecule has 0 aromatic carbocycles. The molecule has 0 spiro atoms. The highest BCUT2D eigenvalue weighted by Crippen LogP contribution is 2.53. The quantitative estimate of drug-likeness (QED) is 0.622. The Bertz CT molecular complexity index is 279. The SMILES string of the molecule is CCCO[C@@H]1C=CC2C3C=CC(C3)C21. The van der Waals surface area contributed by atoms with Crippen molar-refractivity contribution in [3.63, 3.8) is 0 Å². The zero-order valence-corrected chi connectivity index (χ0v) is 8.73. The maximum atomic E-state index is 5.90. The molecule has 1 saturated carbocycles. The standard InChI is InChI=1S/C13H18O/c1-2-7-14-12-6-5-11-9-3-4-10(8-9)13(11)12/h3-6,9-13H,2,7-8H2,1H3/t9?,10?,11?,12-,13?/m1/s1. The fraction of sp³-hybridized carbons (Fsp3) is 0.692. The third-order valence-corrected chi connectivity index (χ3v) is 4.00. The molecule has 3 aliphatic rings. The van der Waals surface area contributed by atoms with Crippen molar-refractivity contribution in [3.8, 4) is 0 Å². The van der Waals surface area contributed by atoms with Gasteiger partial charge < -0.3 is 4.74 Å². The molecule has 0 aromatic rings. The summed E-state index contributed by atoms with van der Waals surface area (Å²) < 4.78 is 5.90. The van der Waals surface area contributed by atoms with E-state index in [0.29, 0.717) is 6.10 Å². The van der Waals surface area contributed by atoms with Gasteiger partial charge in [-0.05, 0) is 30.6 Å². The number of rotatable bonds is 3. The minimum atomic E-state index is 0.417. The fourth-order valence-corrected chi connectivity index (χ4v) is 3.42. The van der Waals surface area contributed by atoms with Gasteiger partial charge in [0.15, 0.2) is 0 Å². The Morgan fingerprint density at radius 2 is 2.00 bits per heavy atom. The molecular formula is C13H18O. The molecule has 0 saturated heterocycles. The van der Waals surface area contributed by atoms with Crippen molar-refractivity contribution in [2.24, 2.45) is 23.7 Å². The second-order valence-electron chi connectivity index (χ2n) is 4.82. The third-order valence-electron chi connectivity index (χ3n) is 4.00. The van der Waals surface area contributed by atoms with Crippen LogP contribution in [0.5, 0.6) is 0 Å². The second-order valence-corrected chi connectivity index (χ2v) is 4.82. The second kappa shape index (κ2) is 3.23. The van der Waals surface area contributed by atoms with E-state index < -0.39 is 0 Å². The minimum absolute atomic E-state index is 0.417. The summed E-state index contributed by atoms with van der Waals surface area (Å²) in [5, 5.41) is 0.